The van der Waals surface area contributed by atoms with Crippen LogP contribution in [0, 0.1) is 16.7 Å². The summed E-state index contributed by atoms with van der Waals surface area (Å²) < 4.78 is 5.02. The highest BCUT2D eigenvalue weighted by atomic mass is 16.5. The van der Waals surface area contributed by atoms with Gasteiger partial charge in [-0.3, -0.25) is 9.59 Å². The van der Waals surface area contributed by atoms with Crippen LogP contribution in [-0.2, 0) is 14.3 Å². The molecule has 136 valence electrons. The monoisotopic (exact) mass is 347 g/mol. The van der Waals surface area contributed by atoms with Crippen molar-refractivity contribution < 1.29 is 24.2 Å². The number of hydrogen-bond donors (Lipinski definition) is 2. The van der Waals surface area contributed by atoms with E-state index >= 15 is 0 Å². The van der Waals surface area contributed by atoms with Crippen LogP contribution in [0.2, 0.25) is 0 Å². The number of carbonyl (C=O) groups excluding carboxylic acids is 2. The number of benzene rings is 1. The van der Waals surface area contributed by atoms with Gasteiger partial charge >= 0.3 is 11.9 Å². The van der Waals surface area contributed by atoms with Crippen LogP contribution in [0.1, 0.15) is 50.9 Å². The SMILES string of the molecule is CCOC(=O)c1ccccc1NC(=O)C1(C)CCC(C(=O)O)C1(C)C. The second-order valence-corrected chi connectivity index (χ2v) is 7.20. The van der Waals surface area contributed by atoms with Gasteiger partial charge in [-0.1, -0.05) is 32.9 Å². The topological polar surface area (TPSA) is 92.7 Å². The summed E-state index contributed by atoms with van der Waals surface area (Å²) in [6, 6.07) is 6.66. The van der Waals surface area contributed by atoms with Gasteiger partial charge in [-0.25, -0.2) is 4.79 Å². The van der Waals surface area contributed by atoms with Gasteiger partial charge in [0.1, 0.15) is 0 Å². The van der Waals surface area contributed by atoms with E-state index < -0.39 is 28.7 Å². The molecule has 0 spiro atoms. The molecule has 1 aromatic rings. The van der Waals surface area contributed by atoms with E-state index in [1.807, 2.05) is 13.8 Å². The van der Waals surface area contributed by atoms with Crippen molar-refractivity contribution in [1.29, 1.82) is 0 Å². The number of hydrogen-bond acceptors (Lipinski definition) is 4. The predicted molar refractivity (Wildman–Crippen MR) is 93.3 cm³/mol. The smallest absolute Gasteiger partial charge is 0.340 e. The Balaban J connectivity index is 2.29. The summed E-state index contributed by atoms with van der Waals surface area (Å²) >= 11 is 0. The third kappa shape index (κ3) is 3.25. The van der Waals surface area contributed by atoms with Crippen LogP contribution in [0.3, 0.4) is 0 Å². The molecule has 0 bridgehead atoms. The van der Waals surface area contributed by atoms with Gasteiger partial charge in [0, 0.05) is 0 Å². The minimum atomic E-state index is -0.881. The number of carboxylic acids is 1. The van der Waals surface area contributed by atoms with Crippen molar-refractivity contribution in [2.45, 2.75) is 40.5 Å². The number of nitrogens with one attached hydrogen (secondary N) is 1. The highest BCUT2D eigenvalue weighted by Gasteiger charge is 2.58. The van der Waals surface area contributed by atoms with Gasteiger partial charge < -0.3 is 15.2 Å². The molecule has 1 fully saturated rings. The molecule has 0 saturated heterocycles. The number of esters is 1. The first-order chi connectivity index (χ1) is 11.6. The normalized spacial score (nSPS) is 24.6. The van der Waals surface area contributed by atoms with Crippen LogP contribution in [0.15, 0.2) is 24.3 Å². The molecule has 0 heterocycles. The molecule has 0 aromatic heterocycles. The van der Waals surface area contributed by atoms with Gasteiger partial charge in [0.2, 0.25) is 5.91 Å². The van der Waals surface area contributed by atoms with Crippen LogP contribution < -0.4 is 5.32 Å². The highest BCUT2D eigenvalue weighted by Crippen LogP contribution is 2.56. The molecule has 2 N–H and O–H groups in total. The van der Waals surface area contributed by atoms with Crippen LogP contribution in [0.5, 0.6) is 0 Å². The molecule has 6 nitrogen and oxygen atoms in total. The first-order valence-electron chi connectivity index (χ1n) is 8.45. The maximum Gasteiger partial charge on any atom is 0.340 e. The zero-order valence-corrected chi connectivity index (χ0v) is 15.1. The second kappa shape index (κ2) is 6.86. The molecule has 1 aromatic carbocycles. The lowest BCUT2D eigenvalue weighted by Crippen LogP contribution is -2.45. The van der Waals surface area contributed by atoms with Gasteiger partial charge in [0.25, 0.3) is 0 Å². The average molecular weight is 347 g/mol. The van der Waals surface area contributed by atoms with Gasteiger partial charge in [0.15, 0.2) is 0 Å². The standard InChI is InChI=1S/C19H25NO5/c1-5-25-16(23)12-8-6-7-9-14(12)20-17(24)19(4)11-10-13(15(21)22)18(19,2)3/h6-9,13H,5,10-11H2,1-4H3,(H,20,24)(H,21,22). The van der Waals surface area contributed by atoms with E-state index in [9.17, 15) is 19.5 Å². The third-order valence-corrected chi connectivity index (χ3v) is 5.70. The number of ether oxygens (including phenoxy) is 1. The number of carboxylic acid groups (broad SMARTS) is 1. The van der Waals surface area contributed by atoms with Crippen molar-refractivity contribution in [2.75, 3.05) is 11.9 Å². The number of para-hydroxylation sites is 1. The summed E-state index contributed by atoms with van der Waals surface area (Å²) in [4.78, 5) is 36.6. The van der Waals surface area contributed by atoms with Crippen molar-refractivity contribution in [3.8, 4) is 0 Å². The van der Waals surface area contributed by atoms with Crippen molar-refractivity contribution in [3.63, 3.8) is 0 Å². The Morgan fingerprint density at radius 1 is 1.24 bits per heavy atom. The number of carbonyl (C=O) groups is 3. The second-order valence-electron chi connectivity index (χ2n) is 7.20. The lowest BCUT2D eigenvalue weighted by Gasteiger charge is -2.39. The number of aliphatic carboxylic acids is 1. The summed E-state index contributed by atoms with van der Waals surface area (Å²) in [5.41, 5.74) is -0.895. The molecule has 0 aliphatic heterocycles. The van der Waals surface area contributed by atoms with E-state index in [-0.39, 0.29) is 18.1 Å². The van der Waals surface area contributed by atoms with Crippen molar-refractivity contribution in [2.24, 2.45) is 16.7 Å². The van der Waals surface area contributed by atoms with Crippen molar-refractivity contribution in [1.82, 2.24) is 0 Å². The van der Waals surface area contributed by atoms with Gasteiger partial charge in [0.05, 0.1) is 29.2 Å². The Morgan fingerprint density at radius 3 is 2.44 bits per heavy atom. The Hall–Kier alpha value is -2.37. The molecule has 2 unspecified atom stereocenters. The van der Waals surface area contributed by atoms with Gasteiger partial charge in [-0.05, 0) is 37.3 Å². The lowest BCUT2D eigenvalue weighted by molar-refractivity contribution is -0.147. The Labute approximate surface area is 147 Å². The maximum atomic E-state index is 13.0. The summed E-state index contributed by atoms with van der Waals surface area (Å²) in [7, 11) is 0. The predicted octanol–water partition coefficient (Wildman–Crippen LogP) is 3.33. The molecular formula is C19H25NO5. The van der Waals surface area contributed by atoms with E-state index in [1.165, 1.54) is 0 Å². The third-order valence-electron chi connectivity index (χ3n) is 5.70. The summed E-state index contributed by atoms with van der Waals surface area (Å²) in [5.74, 6) is -2.24. The Kier molecular flexibility index (Phi) is 5.20. The molecule has 1 saturated carbocycles. The molecule has 1 aliphatic rings. The number of rotatable bonds is 5. The molecule has 1 amide bonds. The average Bonchev–Trinajstić information content (AvgIpc) is 2.79. The zero-order valence-electron chi connectivity index (χ0n) is 15.1. The quantitative estimate of drug-likeness (QED) is 0.797. The largest absolute Gasteiger partial charge is 0.481 e. The van der Waals surface area contributed by atoms with E-state index in [2.05, 4.69) is 5.32 Å². The minimum Gasteiger partial charge on any atom is -0.481 e. The van der Waals surface area contributed by atoms with Crippen LogP contribution in [-0.4, -0.2) is 29.6 Å². The minimum absolute atomic E-state index is 0.242. The van der Waals surface area contributed by atoms with E-state index in [4.69, 9.17) is 4.74 Å². The fourth-order valence-corrected chi connectivity index (χ4v) is 3.58. The molecule has 1 aliphatic carbocycles. The molecule has 2 atom stereocenters. The van der Waals surface area contributed by atoms with E-state index in [1.54, 1.807) is 38.1 Å². The van der Waals surface area contributed by atoms with Crippen LogP contribution >= 0.6 is 0 Å². The van der Waals surface area contributed by atoms with Gasteiger partial charge in [-0.2, -0.15) is 0 Å². The lowest BCUT2D eigenvalue weighted by atomic mass is 9.65. The Morgan fingerprint density at radius 2 is 1.88 bits per heavy atom. The first-order valence-corrected chi connectivity index (χ1v) is 8.45. The fraction of sp³-hybridized carbons (Fsp3) is 0.526. The van der Waals surface area contributed by atoms with Crippen LogP contribution in [0.25, 0.3) is 0 Å². The van der Waals surface area contributed by atoms with Crippen LogP contribution in [0.4, 0.5) is 5.69 Å². The number of anilines is 1. The van der Waals surface area contributed by atoms with E-state index in [0.29, 0.717) is 18.5 Å². The fourth-order valence-electron chi connectivity index (χ4n) is 3.58. The van der Waals surface area contributed by atoms with E-state index in [0.717, 1.165) is 0 Å². The Bertz CT molecular complexity index is 697. The zero-order chi connectivity index (χ0) is 18.8. The first kappa shape index (κ1) is 19.0. The molecular weight excluding hydrogens is 322 g/mol. The molecule has 0 radical (unpaired) electrons. The highest BCUT2D eigenvalue weighted by molar-refractivity contribution is 6.03. The van der Waals surface area contributed by atoms with Crippen molar-refractivity contribution in [3.05, 3.63) is 29.8 Å². The molecule has 6 heteroatoms. The maximum absolute atomic E-state index is 13.0. The summed E-state index contributed by atoms with van der Waals surface area (Å²) in [5, 5.41) is 12.3. The number of amides is 1. The van der Waals surface area contributed by atoms with Gasteiger partial charge in [-0.15, -0.1) is 0 Å². The van der Waals surface area contributed by atoms with Crippen molar-refractivity contribution >= 4 is 23.5 Å². The molecule has 2 rings (SSSR count). The summed E-state index contributed by atoms with van der Waals surface area (Å²) in [6.07, 6.45) is 0.927. The molecule has 25 heavy (non-hydrogen) atoms. The summed E-state index contributed by atoms with van der Waals surface area (Å²) in [6.45, 7) is 7.38.